The van der Waals surface area contributed by atoms with Crippen LogP contribution in [0, 0.1) is 0 Å². The molecule has 0 aromatic heterocycles. The van der Waals surface area contributed by atoms with Crippen LogP contribution in [0.15, 0.2) is 48.5 Å². The van der Waals surface area contributed by atoms with Gasteiger partial charge in [0.1, 0.15) is 0 Å². The molecule has 2 aromatic carbocycles. The number of nitrogens with zero attached hydrogens (tertiary/aromatic N) is 1. The van der Waals surface area contributed by atoms with Crippen molar-refractivity contribution in [3.63, 3.8) is 0 Å². The third-order valence-electron chi connectivity index (χ3n) is 4.54. The second kappa shape index (κ2) is 12.1. The summed E-state index contributed by atoms with van der Waals surface area (Å²) in [5, 5.41) is 3.59. The number of nitrogens with one attached hydrogen (secondary N) is 1. The van der Waals surface area contributed by atoms with E-state index < -0.39 is 0 Å². The molecule has 0 aliphatic carbocycles. The van der Waals surface area contributed by atoms with Gasteiger partial charge in [-0.3, -0.25) is 4.79 Å². The maximum Gasteiger partial charge on any atom is 0.243 e. The largest absolute Gasteiger partial charge is 0.493 e. The maximum atomic E-state index is 11.9. The fourth-order valence-corrected chi connectivity index (χ4v) is 2.96. The quantitative estimate of drug-likeness (QED) is 0.443. The summed E-state index contributed by atoms with van der Waals surface area (Å²) in [6.45, 7) is 2.48. The molecule has 0 fully saturated rings. The van der Waals surface area contributed by atoms with Crippen LogP contribution in [0.1, 0.15) is 17.5 Å². The van der Waals surface area contributed by atoms with Crippen molar-refractivity contribution in [3.05, 3.63) is 64.7 Å². The van der Waals surface area contributed by atoms with Crippen LogP contribution in [-0.2, 0) is 11.2 Å². The average Bonchev–Trinajstić information content (AvgIpc) is 2.74. The van der Waals surface area contributed by atoms with E-state index in [1.165, 1.54) is 5.56 Å². The maximum absolute atomic E-state index is 11.9. The van der Waals surface area contributed by atoms with Crippen LogP contribution in [0.2, 0.25) is 5.02 Å². The van der Waals surface area contributed by atoms with Gasteiger partial charge in [0.05, 0.1) is 14.2 Å². The van der Waals surface area contributed by atoms with Crippen molar-refractivity contribution in [1.29, 1.82) is 0 Å². The van der Waals surface area contributed by atoms with Crippen LogP contribution in [0.4, 0.5) is 0 Å². The lowest BCUT2D eigenvalue weighted by molar-refractivity contribution is -0.116. The lowest BCUT2D eigenvalue weighted by Crippen LogP contribution is -2.28. The van der Waals surface area contributed by atoms with E-state index in [2.05, 4.69) is 23.3 Å². The Balaban J connectivity index is 1.64. The van der Waals surface area contributed by atoms with Crippen molar-refractivity contribution >= 4 is 23.6 Å². The zero-order valence-corrected chi connectivity index (χ0v) is 18.0. The topological polar surface area (TPSA) is 50.8 Å². The first-order chi connectivity index (χ1) is 14.0. The van der Waals surface area contributed by atoms with E-state index in [1.54, 1.807) is 38.5 Å². The Hall–Kier alpha value is -2.50. The van der Waals surface area contributed by atoms with Crippen molar-refractivity contribution in [2.24, 2.45) is 0 Å². The Labute approximate surface area is 178 Å². The third kappa shape index (κ3) is 8.18. The van der Waals surface area contributed by atoms with E-state index in [9.17, 15) is 4.79 Å². The average molecular weight is 417 g/mol. The van der Waals surface area contributed by atoms with Gasteiger partial charge >= 0.3 is 0 Å². The number of likely N-dealkylation sites (N-methyl/N-ethyl adjacent to an activating group) is 1. The summed E-state index contributed by atoms with van der Waals surface area (Å²) >= 11 is 5.85. The fourth-order valence-electron chi connectivity index (χ4n) is 2.83. The van der Waals surface area contributed by atoms with E-state index in [4.69, 9.17) is 21.1 Å². The van der Waals surface area contributed by atoms with Gasteiger partial charge in [0.2, 0.25) is 5.91 Å². The summed E-state index contributed by atoms with van der Waals surface area (Å²) < 4.78 is 10.6. The normalized spacial score (nSPS) is 11.1. The van der Waals surface area contributed by atoms with Crippen LogP contribution in [-0.4, -0.2) is 51.7 Å². The standard InChI is InChI=1S/C23H29ClN2O3/c1-26(16-13-19-7-11-21(28-2)22(17-19)29-3)15-4-14-25-23(27)12-8-18-5-9-20(24)10-6-18/h5-12,17H,4,13-16H2,1-3H3,(H,25,27)/b12-8+. The van der Waals surface area contributed by atoms with Gasteiger partial charge in [-0.25, -0.2) is 0 Å². The predicted octanol–water partition coefficient (Wildman–Crippen LogP) is 4.05. The minimum atomic E-state index is -0.0899. The van der Waals surface area contributed by atoms with E-state index >= 15 is 0 Å². The number of ether oxygens (including phenoxy) is 2. The Morgan fingerprint density at radius 2 is 1.79 bits per heavy atom. The van der Waals surface area contributed by atoms with E-state index in [1.807, 2.05) is 24.3 Å². The fraction of sp³-hybridized carbons (Fsp3) is 0.348. The summed E-state index contributed by atoms with van der Waals surface area (Å²) in [6.07, 6.45) is 5.14. The second-order valence-electron chi connectivity index (χ2n) is 6.77. The molecule has 0 unspecified atom stereocenters. The van der Waals surface area contributed by atoms with Crippen molar-refractivity contribution in [2.45, 2.75) is 12.8 Å². The van der Waals surface area contributed by atoms with Gasteiger partial charge < -0.3 is 19.7 Å². The van der Waals surface area contributed by atoms with Gasteiger partial charge in [0.25, 0.3) is 0 Å². The van der Waals surface area contributed by atoms with Crippen molar-refractivity contribution < 1.29 is 14.3 Å². The molecule has 2 rings (SSSR count). The molecule has 1 N–H and O–H groups in total. The first kappa shape index (κ1) is 22.8. The predicted molar refractivity (Wildman–Crippen MR) is 119 cm³/mol. The van der Waals surface area contributed by atoms with Gasteiger partial charge in [0.15, 0.2) is 11.5 Å². The number of carbonyl (C=O) groups is 1. The molecule has 0 saturated heterocycles. The lowest BCUT2D eigenvalue weighted by Gasteiger charge is -2.17. The molecule has 0 spiro atoms. The van der Waals surface area contributed by atoms with E-state index in [0.29, 0.717) is 11.6 Å². The molecular weight excluding hydrogens is 388 g/mol. The summed E-state index contributed by atoms with van der Waals surface area (Å²) in [7, 11) is 5.37. The molecule has 6 heteroatoms. The van der Waals surface area contributed by atoms with Gasteiger partial charge in [-0.05, 0) is 67.9 Å². The molecule has 1 amide bonds. The number of rotatable bonds is 11. The van der Waals surface area contributed by atoms with Crippen LogP contribution >= 0.6 is 11.6 Å². The van der Waals surface area contributed by atoms with Gasteiger partial charge in [0, 0.05) is 24.2 Å². The van der Waals surface area contributed by atoms with Crippen LogP contribution in [0.5, 0.6) is 11.5 Å². The first-order valence-corrected chi connectivity index (χ1v) is 10.0. The van der Waals surface area contributed by atoms with Crippen LogP contribution in [0.3, 0.4) is 0 Å². The first-order valence-electron chi connectivity index (χ1n) is 9.62. The SMILES string of the molecule is COc1ccc(CCN(C)CCCNC(=O)/C=C/c2ccc(Cl)cc2)cc1OC. The Kier molecular flexibility index (Phi) is 9.54. The monoisotopic (exact) mass is 416 g/mol. The van der Waals surface area contributed by atoms with Gasteiger partial charge in [-0.1, -0.05) is 29.8 Å². The highest BCUT2D eigenvalue weighted by Crippen LogP contribution is 2.27. The summed E-state index contributed by atoms with van der Waals surface area (Å²) in [5.41, 5.74) is 2.15. The molecule has 2 aromatic rings. The van der Waals surface area contributed by atoms with E-state index in [0.717, 1.165) is 43.0 Å². The number of methoxy groups -OCH3 is 2. The molecule has 0 atom stereocenters. The second-order valence-corrected chi connectivity index (χ2v) is 7.21. The Bertz CT molecular complexity index is 806. The molecule has 0 aliphatic heterocycles. The minimum Gasteiger partial charge on any atom is -0.493 e. The molecule has 0 heterocycles. The number of carbonyl (C=O) groups excluding carboxylic acids is 1. The van der Waals surface area contributed by atoms with Crippen molar-refractivity contribution in [1.82, 2.24) is 10.2 Å². The molecule has 29 heavy (non-hydrogen) atoms. The highest BCUT2D eigenvalue weighted by Gasteiger charge is 2.06. The number of halogens is 1. The zero-order valence-electron chi connectivity index (χ0n) is 17.3. The molecule has 0 bridgehead atoms. The van der Waals surface area contributed by atoms with Crippen molar-refractivity contribution in [2.75, 3.05) is 40.9 Å². The van der Waals surface area contributed by atoms with Crippen molar-refractivity contribution in [3.8, 4) is 11.5 Å². The summed E-state index contributed by atoms with van der Waals surface area (Å²) in [5.74, 6) is 1.40. The molecule has 156 valence electrons. The Morgan fingerprint density at radius 3 is 2.48 bits per heavy atom. The molecular formula is C23H29ClN2O3. The van der Waals surface area contributed by atoms with E-state index in [-0.39, 0.29) is 5.91 Å². The number of amides is 1. The smallest absolute Gasteiger partial charge is 0.243 e. The number of hydrogen-bond acceptors (Lipinski definition) is 4. The molecule has 0 radical (unpaired) electrons. The molecule has 0 saturated carbocycles. The lowest BCUT2D eigenvalue weighted by atomic mass is 10.1. The third-order valence-corrected chi connectivity index (χ3v) is 4.80. The Morgan fingerprint density at radius 1 is 1.07 bits per heavy atom. The highest BCUT2D eigenvalue weighted by atomic mass is 35.5. The number of benzene rings is 2. The molecule has 5 nitrogen and oxygen atoms in total. The minimum absolute atomic E-state index is 0.0899. The van der Waals surface area contributed by atoms with Crippen LogP contribution in [0.25, 0.3) is 6.08 Å². The highest BCUT2D eigenvalue weighted by molar-refractivity contribution is 6.30. The van der Waals surface area contributed by atoms with Gasteiger partial charge in [-0.2, -0.15) is 0 Å². The summed E-state index contributed by atoms with van der Waals surface area (Å²) in [6, 6.07) is 13.4. The number of hydrogen-bond donors (Lipinski definition) is 1. The molecule has 0 aliphatic rings. The summed E-state index contributed by atoms with van der Waals surface area (Å²) in [4.78, 5) is 14.1. The van der Waals surface area contributed by atoms with Crippen LogP contribution < -0.4 is 14.8 Å². The zero-order chi connectivity index (χ0) is 21.1. The van der Waals surface area contributed by atoms with Gasteiger partial charge in [-0.15, -0.1) is 0 Å².